The molecule has 0 aliphatic carbocycles. The maximum atomic E-state index is 10.9. The van der Waals surface area contributed by atoms with E-state index < -0.39 is 0 Å². The van der Waals surface area contributed by atoms with Crippen molar-refractivity contribution in [2.45, 2.75) is 6.92 Å². The molecule has 0 saturated heterocycles. The van der Waals surface area contributed by atoms with E-state index in [0.29, 0.717) is 46.2 Å². The van der Waals surface area contributed by atoms with Crippen LogP contribution >= 0.6 is 30.4 Å². The molecule has 6 nitrogen and oxygen atoms in total. The molecule has 0 aliphatic rings. The Kier molecular flexibility index (Phi) is 15.8. The van der Waals surface area contributed by atoms with E-state index in [1.165, 1.54) is 9.21 Å². The first-order chi connectivity index (χ1) is 8.81. The molecule has 0 aromatic carbocycles. The van der Waals surface area contributed by atoms with Crippen LogP contribution in [0.5, 0.6) is 0 Å². The van der Waals surface area contributed by atoms with E-state index in [9.17, 15) is 4.79 Å². The smallest absolute Gasteiger partial charge is 0.332 e. The zero-order valence-electron chi connectivity index (χ0n) is 10.4. The van der Waals surface area contributed by atoms with Crippen LogP contribution in [-0.2, 0) is 27.9 Å². The molecule has 0 aromatic rings. The third kappa shape index (κ3) is 14.5. The van der Waals surface area contributed by atoms with E-state index in [2.05, 4.69) is 21.2 Å². The second-order valence-electron chi connectivity index (χ2n) is 2.97. The Morgan fingerprint density at radius 2 is 1.56 bits per heavy atom. The maximum Gasteiger partial charge on any atom is 0.332 e. The van der Waals surface area contributed by atoms with Crippen molar-refractivity contribution in [1.29, 1.82) is 0 Å². The summed E-state index contributed by atoms with van der Waals surface area (Å²) in [5.74, 6) is -0.353. The normalized spacial score (nSPS) is 10.6. The van der Waals surface area contributed by atoms with Crippen molar-refractivity contribution >= 4 is 36.4 Å². The predicted molar refractivity (Wildman–Crippen MR) is 76.7 cm³/mol. The molecular formula is C10H19IO6S. The van der Waals surface area contributed by atoms with Crippen molar-refractivity contribution in [3.05, 3.63) is 0 Å². The van der Waals surface area contributed by atoms with Crippen LogP contribution in [0.1, 0.15) is 6.92 Å². The number of ether oxygens (including phenoxy) is 4. The summed E-state index contributed by atoms with van der Waals surface area (Å²) in [6.07, 6.45) is 0. The van der Waals surface area contributed by atoms with Gasteiger partial charge in [0.1, 0.15) is 6.61 Å². The van der Waals surface area contributed by atoms with Crippen LogP contribution in [0, 0.1) is 0 Å². The standard InChI is InChI=1S/C10H19IO6S/c1-2-16-10(12)9-15-6-5-13-3-4-14-7-8-17-18-11/h2-9H2,1H3. The topological polar surface area (TPSA) is 63.2 Å². The van der Waals surface area contributed by atoms with E-state index in [0.717, 1.165) is 0 Å². The van der Waals surface area contributed by atoms with Crippen molar-refractivity contribution in [3.63, 3.8) is 0 Å². The highest BCUT2D eigenvalue weighted by Gasteiger charge is 2.00. The van der Waals surface area contributed by atoms with Crippen LogP contribution in [-0.4, -0.2) is 58.8 Å². The van der Waals surface area contributed by atoms with Crippen molar-refractivity contribution < 1.29 is 27.9 Å². The molecule has 0 spiro atoms. The number of halogens is 1. The summed E-state index contributed by atoms with van der Waals surface area (Å²) in [5, 5.41) is 0. The molecule has 0 radical (unpaired) electrons. The number of hydrogen-bond donors (Lipinski definition) is 0. The Morgan fingerprint density at radius 3 is 2.11 bits per heavy atom. The monoisotopic (exact) mass is 394 g/mol. The van der Waals surface area contributed by atoms with Gasteiger partial charge >= 0.3 is 5.97 Å². The molecule has 108 valence electrons. The zero-order valence-corrected chi connectivity index (χ0v) is 13.4. The van der Waals surface area contributed by atoms with Gasteiger partial charge in [0, 0.05) is 21.2 Å². The molecule has 0 bridgehead atoms. The molecule has 18 heavy (non-hydrogen) atoms. The minimum absolute atomic E-state index is 0.0288. The average molecular weight is 394 g/mol. The highest BCUT2D eigenvalue weighted by atomic mass is 127. The van der Waals surface area contributed by atoms with Crippen molar-refractivity contribution in [2.75, 3.05) is 52.9 Å². The van der Waals surface area contributed by atoms with E-state index in [1.54, 1.807) is 6.92 Å². The first kappa shape index (κ1) is 18.4. The number of carbonyl (C=O) groups excluding carboxylic acids is 1. The second kappa shape index (κ2) is 15.4. The molecule has 0 N–H and O–H groups in total. The van der Waals surface area contributed by atoms with Gasteiger partial charge < -0.3 is 23.1 Å². The molecule has 0 fully saturated rings. The van der Waals surface area contributed by atoms with Gasteiger partial charge in [-0.05, 0) is 6.92 Å². The molecule has 8 heteroatoms. The number of esters is 1. The van der Waals surface area contributed by atoms with Crippen LogP contribution < -0.4 is 0 Å². The van der Waals surface area contributed by atoms with Gasteiger partial charge in [0.15, 0.2) is 0 Å². The Labute approximate surface area is 124 Å². The lowest BCUT2D eigenvalue weighted by Crippen LogP contribution is -2.16. The van der Waals surface area contributed by atoms with Crippen LogP contribution in [0.15, 0.2) is 0 Å². The molecule has 0 aliphatic heterocycles. The molecule has 0 unspecified atom stereocenters. The van der Waals surface area contributed by atoms with Crippen LogP contribution in [0.4, 0.5) is 0 Å². The Hall–Kier alpha value is 0.390. The highest BCUT2D eigenvalue weighted by Crippen LogP contribution is 2.10. The van der Waals surface area contributed by atoms with Gasteiger partial charge in [-0.3, -0.25) is 0 Å². The van der Waals surface area contributed by atoms with E-state index in [4.69, 9.17) is 23.1 Å². The third-order valence-electron chi connectivity index (χ3n) is 1.62. The Balaban J connectivity index is 3.01. The van der Waals surface area contributed by atoms with E-state index >= 15 is 0 Å². The third-order valence-corrected chi connectivity index (χ3v) is 2.64. The lowest BCUT2D eigenvalue weighted by atomic mass is 10.7. The molecular weight excluding hydrogens is 375 g/mol. The fourth-order valence-electron chi connectivity index (χ4n) is 0.922. The van der Waals surface area contributed by atoms with Gasteiger partial charge in [-0.2, -0.15) is 0 Å². The Morgan fingerprint density at radius 1 is 1.00 bits per heavy atom. The van der Waals surface area contributed by atoms with Crippen LogP contribution in [0.25, 0.3) is 0 Å². The lowest BCUT2D eigenvalue weighted by Gasteiger charge is -2.06. The van der Waals surface area contributed by atoms with Gasteiger partial charge in [0.2, 0.25) is 0 Å². The molecule has 0 rings (SSSR count). The average Bonchev–Trinajstić information content (AvgIpc) is 2.36. The van der Waals surface area contributed by atoms with Gasteiger partial charge in [0.05, 0.1) is 55.5 Å². The highest BCUT2D eigenvalue weighted by molar-refractivity contribution is 14.2. The fourth-order valence-corrected chi connectivity index (χ4v) is 1.59. The molecule has 0 aromatic heterocycles. The SMILES string of the molecule is CCOC(=O)COCCOCCOCCOSI. The predicted octanol–water partition coefficient (Wildman–Crippen LogP) is 1.61. The van der Waals surface area contributed by atoms with Crippen molar-refractivity contribution in [1.82, 2.24) is 0 Å². The summed E-state index contributed by atoms with van der Waals surface area (Å²) in [4.78, 5) is 10.9. The molecule has 0 saturated carbocycles. The van der Waals surface area contributed by atoms with Gasteiger partial charge in [-0.25, -0.2) is 4.79 Å². The second-order valence-corrected chi connectivity index (χ2v) is 4.41. The first-order valence-corrected chi connectivity index (χ1v) is 8.88. The lowest BCUT2D eigenvalue weighted by molar-refractivity contribution is -0.148. The molecule has 0 amide bonds. The summed E-state index contributed by atoms with van der Waals surface area (Å²) in [7, 11) is 1.29. The molecule has 0 heterocycles. The van der Waals surface area contributed by atoms with Gasteiger partial charge in [-0.1, -0.05) is 0 Å². The maximum absolute atomic E-state index is 10.9. The van der Waals surface area contributed by atoms with Gasteiger partial charge in [-0.15, -0.1) is 0 Å². The fraction of sp³-hybridized carbons (Fsp3) is 0.900. The molecule has 0 atom stereocenters. The largest absolute Gasteiger partial charge is 0.464 e. The summed E-state index contributed by atoms with van der Waals surface area (Å²) < 4.78 is 25.2. The van der Waals surface area contributed by atoms with Crippen molar-refractivity contribution in [3.8, 4) is 0 Å². The van der Waals surface area contributed by atoms with Crippen LogP contribution in [0.3, 0.4) is 0 Å². The van der Waals surface area contributed by atoms with E-state index in [-0.39, 0.29) is 12.6 Å². The summed E-state index contributed by atoms with van der Waals surface area (Å²) in [6.45, 7) is 5.04. The quantitative estimate of drug-likeness (QED) is 0.204. The van der Waals surface area contributed by atoms with Gasteiger partial charge in [0.25, 0.3) is 0 Å². The minimum atomic E-state index is -0.353. The Bertz CT molecular complexity index is 195. The summed E-state index contributed by atoms with van der Waals surface area (Å²) in [5.41, 5.74) is 0. The zero-order chi connectivity index (χ0) is 13.5. The van der Waals surface area contributed by atoms with E-state index in [1.807, 2.05) is 0 Å². The van der Waals surface area contributed by atoms with Crippen molar-refractivity contribution in [2.24, 2.45) is 0 Å². The number of rotatable bonds is 13. The minimum Gasteiger partial charge on any atom is -0.464 e. The summed E-state index contributed by atoms with van der Waals surface area (Å²) in [6, 6.07) is 0. The number of carbonyl (C=O) groups is 1. The summed E-state index contributed by atoms with van der Waals surface area (Å²) >= 11 is 2.05. The number of hydrogen-bond acceptors (Lipinski definition) is 7. The first-order valence-electron chi connectivity index (χ1n) is 5.60. The van der Waals surface area contributed by atoms with Crippen LogP contribution in [0.2, 0.25) is 0 Å².